The second-order valence-electron chi connectivity index (χ2n) is 6.21. The Balaban J connectivity index is 1.73. The molecule has 3 heteroatoms. The zero-order valence-corrected chi connectivity index (χ0v) is 11.9. The fraction of sp³-hybridized carbons (Fsp3) is 0.529. The van der Waals surface area contributed by atoms with Gasteiger partial charge in [-0.1, -0.05) is 24.6 Å². The molecule has 0 spiro atoms. The number of para-hydroxylation sites is 1. The molecule has 1 aromatic carbocycles. The van der Waals surface area contributed by atoms with E-state index in [0.29, 0.717) is 6.04 Å². The van der Waals surface area contributed by atoms with Crippen LogP contribution in [0.3, 0.4) is 0 Å². The number of nitrogens with one attached hydrogen (secondary N) is 2. The van der Waals surface area contributed by atoms with E-state index < -0.39 is 0 Å². The number of fused-ring (bicyclic) bond motifs is 1. The van der Waals surface area contributed by atoms with Crippen LogP contribution in [-0.2, 0) is 0 Å². The van der Waals surface area contributed by atoms with Crippen molar-refractivity contribution >= 4 is 10.9 Å². The van der Waals surface area contributed by atoms with Gasteiger partial charge in [0.25, 0.3) is 0 Å². The molecule has 1 aromatic heterocycles. The highest BCUT2D eigenvalue weighted by Gasteiger charge is 2.34. The van der Waals surface area contributed by atoms with Gasteiger partial charge in [0, 0.05) is 49.3 Å². The second-order valence-corrected chi connectivity index (χ2v) is 6.21. The summed E-state index contributed by atoms with van der Waals surface area (Å²) >= 11 is 0. The molecule has 2 heterocycles. The predicted molar refractivity (Wildman–Crippen MR) is 82.8 cm³/mol. The fourth-order valence-electron chi connectivity index (χ4n) is 3.80. The molecule has 0 amide bonds. The SMILES string of the molecule is c1ccc2c([C@H](C3CCC3)N3CCNCC3)c[nH]c2c1. The molecule has 106 valence electrons. The Labute approximate surface area is 120 Å². The maximum absolute atomic E-state index is 3.48. The molecule has 2 N–H and O–H groups in total. The Hall–Kier alpha value is -1.32. The van der Waals surface area contributed by atoms with Gasteiger partial charge < -0.3 is 10.3 Å². The Bertz CT molecular complexity index is 579. The van der Waals surface area contributed by atoms with E-state index in [-0.39, 0.29) is 0 Å². The van der Waals surface area contributed by atoms with Crippen LogP contribution in [0.1, 0.15) is 30.9 Å². The van der Waals surface area contributed by atoms with Crippen LogP contribution in [-0.4, -0.2) is 36.1 Å². The summed E-state index contributed by atoms with van der Waals surface area (Å²) in [4.78, 5) is 6.17. The summed E-state index contributed by atoms with van der Waals surface area (Å²) in [5.41, 5.74) is 2.80. The van der Waals surface area contributed by atoms with Crippen molar-refractivity contribution in [1.29, 1.82) is 0 Å². The predicted octanol–water partition coefficient (Wildman–Crippen LogP) is 2.91. The fourth-order valence-corrected chi connectivity index (χ4v) is 3.80. The van der Waals surface area contributed by atoms with E-state index in [1.165, 1.54) is 48.8 Å². The normalized spacial score (nSPS) is 22.8. The van der Waals surface area contributed by atoms with Crippen molar-refractivity contribution in [1.82, 2.24) is 15.2 Å². The molecular weight excluding hydrogens is 246 g/mol. The second kappa shape index (κ2) is 5.23. The van der Waals surface area contributed by atoms with Crippen LogP contribution in [0.5, 0.6) is 0 Å². The van der Waals surface area contributed by atoms with Gasteiger partial charge in [-0.25, -0.2) is 0 Å². The average molecular weight is 269 g/mol. The molecule has 1 saturated heterocycles. The van der Waals surface area contributed by atoms with E-state index in [2.05, 4.69) is 45.7 Å². The molecule has 1 aliphatic carbocycles. The summed E-state index contributed by atoms with van der Waals surface area (Å²) in [7, 11) is 0. The Kier molecular flexibility index (Phi) is 3.25. The van der Waals surface area contributed by atoms with E-state index in [0.717, 1.165) is 19.0 Å². The van der Waals surface area contributed by atoms with Gasteiger partial charge in [-0.05, 0) is 30.4 Å². The standard InChI is InChI=1S/C17H23N3/c1-2-7-16-14(6-1)15(12-19-16)17(13-4-3-5-13)20-10-8-18-9-11-20/h1-2,6-7,12-13,17-19H,3-5,8-11H2/t17-/m0/s1. The van der Waals surface area contributed by atoms with Crippen molar-refractivity contribution < 1.29 is 0 Å². The minimum Gasteiger partial charge on any atom is -0.361 e. The first-order valence-electron chi connectivity index (χ1n) is 7.94. The molecule has 1 aliphatic heterocycles. The number of nitrogens with zero attached hydrogens (tertiary/aromatic N) is 1. The van der Waals surface area contributed by atoms with Gasteiger partial charge in [0.2, 0.25) is 0 Å². The maximum atomic E-state index is 3.48. The van der Waals surface area contributed by atoms with Crippen molar-refractivity contribution in [3.63, 3.8) is 0 Å². The number of aromatic nitrogens is 1. The smallest absolute Gasteiger partial charge is 0.0457 e. The average Bonchev–Trinajstić information content (AvgIpc) is 2.87. The summed E-state index contributed by atoms with van der Waals surface area (Å²) < 4.78 is 0. The molecule has 4 rings (SSSR count). The highest BCUT2D eigenvalue weighted by molar-refractivity contribution is 5.83. The van der Waals surface area contributed by atoms with Crippen LogP contribution in [0, 0.1) is 5.92 Å². The molecule has 2 aromatic rings. The van der Waals surface area contributed by atoms with Crippen molar-refractivity contribution in [2.45, 2.75) is 25.3 Å². The Morgan fingerprint density at radius 3 is 2.65 bits per heavy atom. The molecule has 3 nitrogen and oxygen atoms in total. The molecule has 1 saturated carbocycles. The van der Waals surface area contributed by atoms with Crippen LogP contribution in [0.25, 0.3) is 10.9 Å². The minimum atomic E-state index is 0.613. The number of aromatic amines is 1. The zero-order chi connectivity index (χ0) is 13.4. The van der Waals surface area contributed by atoms with Crippen LogP contribution in [0.4, 0.5) is 0 Å². The molecule has 0 unspecified atom stereocenters. The van der Waals surface area contributed by atoms with Crippen LogP contribution >= 0.6 is 0 Å². The number of piperazine rings is 1. The first kappa shape index (κ1) is 12.4. The summed E-state index contributed by atoms with van der Waals surface area (Å²) in [6.45, 7) is 4.62. The summed E-state index contributed by atoms with van der Waals surface area (Å²) in [6, 6.07) is 9.35. The summed E-state index contributed by atoms with van der Waals surface area (Å²) in [5.74, 6) is 0.854. The van der Waals surface area contributed by atoms with Gasteiger partial charge in [0.05, 0.1) is 0 Å². The van der Waals surface area contributed by atoms with E-state index >= 15 is 0 Å². The largest absolute Gasteiger partial charge is 0.361 e. The molecule has 0 bridgehead atoms. The number of H-pyrrole nitrogens is 1. The highest BCUT2D eigenvalue weighted by Crippen LogP contribution is 2.43. The zero-order valence-electron chi connectivity index (χ0n) is 11.9. The third kappa shape index (κ3) is 2.05. The third-order valence-corrected chi connectivity index (χ3v) is 5.08. The number of benzene rings is 1. The van der Waals surface area contributed by atoms with E-state index in [9.17, 15) is 0 Å². The minimum absolute atomic E-state index is 0.613. The molecule has 2 aliphatic rings. The Morgan fingerprint density at radius 1 is 1.10 bits per heavy atom. The first-order chi connectivity index (χ1) is 9.93. The van der Waals surface area contributed by atoms with E-state index in [1.807, 2.05) is 0 Å². The van der Waals surface area contributed by atoms with E-state index in [4.69, 9.17) is 0 Å². The third-order valence-electron chi connectivity index (χ3n) is 5.08. The lowest BCUT2D eigenvalue weighted by atomic mass is 9.76. The van der Waals surface area contributed by atoms with Gasteiger partial charge in [-0.15, -0.1) is 0 Å². The lowest BCUT2D eigenvalue weighted by molar-refractivity contribution is 0.0846. The first-order valence-corrected chi connectivity index (χ1v) is 7.94. The summed E-state index contributed by atoms with van der Waals surface area (Å²) in [6.07, 6.45) is 6.47. The van der Waals surface area contributed by atoms with Crippen molar-refractivity contribution in [2.75, 3.05) is 26.2 Å². The van der Waals surface area contributed by atoms with E-state index in [1.54, 1.807) is 0 Å². The van der Waals surface area contributed by atoms with Crippen LogP contribution in [0.2, 0.25) is 0 Å². The topological polar surface area (TPSA) is 31.1 Å². The summed E-state index contributed by atoms with van der Waals surface area (Å²) in [5, 5.41) is 4.90. The van der Waals surface area contributed by atoms with Gasteiger partial charge >= 0.3 is 0 Å². The molecule has 2 fully saturated rings. The molecule has 20 heavy (non-hydrogen) atoms. The molecule has 0 radical (unpaired) electrons. The highest BCUT2D eigenvalue weighted by atomic mass is 15.2. The van der Waals surface area contributed by atoms with Crippen molar-refractivity contribution in [2.24, 2.45) is 5.92 Å². The van der Waals surface area contributed by atoms with Crippen LogP contribution in [0.15, 0.2) is 30.5 Å². The van der Waals surface area contributed by atoms with Crippen molar-refractivity contribution in [3.8, 4) is 0 Å². The van der Waals surface area contributed by atoms with Gasteiger partial charge in [0.1, 0.15) is 0 Å². The lowest BCUT2D eigenvalue weighted by Gasteiger charge is -2.43. The lowest BCUT2D eigenvalue weighted by Crippen LogP contribution is -2.47. The number of rotatable bonds is 3. The van der Waals surface area contributed by atoms with Crippen LogP contribution < -0.4 is 5.32 Å². The van der Waals surface area contributed by atoms with Gasteiger partial charge in [0.15, 0.2) is 0 Å². The number of hydrogen-bond acceptors (Lipinski definition) is 2. The number of hydrogen-bond donors (Lipinski definition) is 2. The molecule has 1 atom stereocenters. The monoisotopic (exact) mass is 269 g/mol. The van der Waals surface area contributed by atoms with Gasteiger partial charge in [-0.3, -0.25) is 4.90 Å². The van der Waals surface area contributed by atoms with Crippen molar-refractivity contribution in [3.05, 3.63) is 36.0 Å². The van der Waals surface area contributed by atoms with Gasteiger partial charge in [-0.2, -0.15) is 0 Å². The maximum Gasteiger partial charge on any atom is 0.0457 e. The quantitative estimate of drug-likeness (QED) is 0.897. The molecular formula is C17H23N3. The Morgan fingerprint density at radius 2 is 1.90 bits per heavy atom.